The molecule has 0 atom stereocenters. The first-order valence-corrected chi connectivity index (χ1v) is 4.97. The van der Waals surface area contributed by atoms with Gasteiger partial charge < -0.3 is 0 Å². The Morgan fingerprint density at radius 3 is 2.11 bits per heavy atom. The lowest BCUT2D eigenvalue weighted by molar-refractivity contribution is -0.132. The van der Waals surface area contributed by atoms with Crippen molar-refractivity contribution >= 4 is 17.7 Å². The molecule has 0 aliphatic heterocycles. The predicted octanol–water partition coefficient (Wildman–Crippen LogP) is 3.72. The molecule has 0 saturated carbocycles. The van der Waals surface area contributed by atoms with Gasteiger partial charge in [0, 0.05) is 25.0 Å². The van der Waals surface area contributed by atoms with E-state index in [0.29, 0.717) is 12.1 Å². The minimum Gasteiger partial charge on any atom is -0.297 e. The quantitative estimate of drug-likeness (QED) is 0.470. The number of carbonyl (C=O) groups excluding carboxylic acids is 1. The molecule has 8 heteroatoms. The van der Waals surface area contributed by atoms with Gasteiger partial charge in [-0.25, -0.2) is 18.2 Å². The topological polar surface area (TPSA) is 29.4 Å². The first kappa shape index (κ1) is 15.2. The summed E-state index contributed by atoms with van der Waals surface area (Å²) in [4.78, 5) is 13.7. The fraction of sp³-hybridized carbons (Fsp3) is 0.273. The second-order valence-electron chi connectivity index (χ2n) is 3.55. The van der Waals surface area contributed by atoms with Crippen LogP contribution in [0.4, 0.5) is 32.0 Å². The Morgan fingerprint density at radius 1 is 1.16 bits per heavy atom. The fourth-order valence-corrected chi connectivity index (χ4v) is 1.20. The fourth-order valence-electron chi connectivity index (χ4n) is 1.20. The Morgan fingerprint density at radius 2 is 1.68 bits per heavy atom. The summed E-state index contributed by atoms with van der Waals surface area (Å²) in [5.41, 5.74) is -1.67. The summed E-state index contributed by atoms with van der Waals surface area (Å²) in [7, 11) is 0. The molecule has 1 aromatic carbocycles. The second kappa shape index (κ2) is 5.85. The first-order valence-electron chi connectivity index (χ1n) is 4.97. The highest BCUT2D eigenvalue weighted by Gasteiger charge is 2.27. The number of hydrogen-bond acceptors (Lipinski definition) is 2. The molecule has 0 spiro atoms. The van der Waals surface area contributed by atoms with Crippen molar-refractivity contribution in [1.82, 2.24) is 0 Å². The Labute approximate surface area is 103 Å². The molecule has 0 aromatic heterocycles. The summed E-state index contributed by atoms with van der Waals surface area (Å²) in [5.74, 6) is -4.00. The molecule has 0 heterocycles. The predicted molar refractivity (Wildman–Crippen MR) is 54.8 cm³/mol. The average Bonchev–Trinajstić information content (AvgIpc) is 2.25. The first-order chi connectivity index (χ1) is 8.73. The molecular weight excluding hydrogens is 276 g/mol. The van der Waals surface area contributed by atoms with Crippen molar-refractivity contribution < 1.29 is 31.1 Å². The third kappa shape index (κ3) is 4.72. The molecule has 0 bridgehead atoms. The molecule has 0 radical (unpaired) electrons. The number of benzene rings is 1. The van der Waals surface area contributed by atoms with E-state index in [1.807, 2.05) is 0 Å². The van der Waals surface area contributed by atoms with Crippen LogP contribution in [0, 0.1) is 17.5 Å². The maximum Gasteiger partial charge on any atom is 0.389 e. The third-order valence-corrected chi connectivity index (χ3v) is 2.04. The van der Waals surface area contributed by atoms with Crippen LogP contribution >= 0.6 is 0 Å². The Hall–Kier alpha value is -1.86. The van der Waals surface area contributed by atoms with E-state index < -0.39 is 47.9 Å². The molecule has 0 amide bonds. The van der Waals surface area contributed by atoms with Crippen LogP contribution in [0.2, 0.25) is 0 Å². The molecule has 0 saturated heterocycles. The Kier molecular flexibility index (Phi) is 4.68. The van der Waals surface area contributed by atoms with Gasteiger partial charge in [0.05, 0.1) is 5.71 Å². The van der Waals surface area contributed by atoms with Crippen LogP contribution in [0.15, 0.2) is 17.1 Å². The Bertz CT molecular complexity index is 485. The standard InChI is InChI=1S/C11H7F6NO/c12-6-3-8(13)10(9(14)4-6)18-7(5-19)1-2-11(15,16)17/h3-5H,1-2H2/b18-7+. The SMILES string of the molecule is O=C/C(CCC(F)(F)F)=N/c1c(F)cc(F)cc1F. The lowest BCUT2D eigenvalue weighted by atomic mass is 10.2. The summed E-state index contributed by atoms with van der Waals surface area (Å²) in [6, 6.07) is 0.627. The summed E-state index contributed by atoms with van der Waals surface area (Å²) in [5, 5.41) is 0. The van der Waals surface area contributed by atoms with Gasteiger partial charge in [-0.15, -0.1) is 0 Å². The van der Waals surface area contributed by atoms with E-state index in [-0.39, 0.29) is 6.29 Å². The van der Waals surface area contributed by atoms with E-state index in [4.69, 9.17) is 0 Å². The van der Waals surface area contributed by atoms with Gasteiger partial charge in [-0.1, -0.05) is 0 Å². The number of carbonyl (C=O) groups is 1. The number of nitrogens with zero attached hydrogens (tertiary/aromatic N) is 1. The molecule has 0 aliphatic carbocycles. The van der Waals surface area contributed by atoms with Gasteiger partial charge in [-0.3, -0.25) is 4.79 Å². The number of rotatable bonds is 4. The highest BCUT2D eigenvalue weighted by atomic mass is 19.4. The number of halogens is 6. The molecule has 0 N–H and O–H groups in total. The normalized spacial score (nSPS) is 12.6. The summed E-state index contributed by atoms with van der Waals surface area (Å²) >= 11 is 0. The third-order valence-electron chi connectivity index (χ3n) is 2.04. The van der Waals surface area contributed by atoms with E-state index in [9.17, 15) is 31.1 Å². The van der Waals surface area contributed by atoms with Gasteiger partial charge in [-0.05, 0) is 0 Å². The molecule has 0 fully saturated rings. The maximum absolute atomic E-state index is 13.2. The van der Waals surface area contributed by atoms with Gasteiger partial charge in [0.2, 0.25) is 0 Å². The highest BCUT2D eigenvalue weighted by molar-refractivity contribution is 6.28. The van der Waals surface area contributed by atoms with Crippen molar-refractivity contribution in [3.63, 3.8) is 0 Å². The van der Waals surface area contributed by atoms with E-state index >= 15 is 0 Å². The van der Waals surface area contributed by atoms with Crippen molar-refractivity contribution in [1.29, 1.82) is 0 Å². The summed E-state index contributed by atoms with van der Waals surface area (Å²) in [6.45, 7) is 0. The van der Waals surface area contributed by atoms with Crippen LogP contribution in [0.5, 0.6) is 0 Å². The van der Waals surface area contributed by atoms with Crippen LogP contribution in [0.1, 0.15) is 12.8 Å². The Balaban J connectivity index is 3.02. The van der Waals surface area contributed by atoms with Crippen LogP contribution < -0.4 is 0 Å². The van der Waals surface area contributed by atoms with Crippen LogP contribution in [0.25, 0.3) is 0 Å². The van der Waals surface area contributed by atoms with Gasteiger partial charge in [-0.2, -0.15) is 13.2 Å². The molecule has 0 unspecified atom stereocenters. The van der Waals surface area contributed by atoms with Crippen molar-refractivity contribution in [3.8, 4) is 0 Å². The smallest absolute Gasteiger partial charge is 0.297 e. The zero-order valence-electron chi connectivity index (χ0n) is 9.27. The van der Waals surface area contributed by atoms with Crippen LogP contribution in [-0.2, 0) is 4.79 Å². The van der Waals surface area contributed by atoms with Crippen molar-refractivity contribution in [2.45, 2.75) is 19.0 Å². The molecule has 1 rings (SSSR count). The summed E-state index contributed by atoms with van der Waals surface area (Å²) < 4.78 is 74.7. The van der Waals surface area contributed by atoms with Crippen molar-refractivity contribution in [2.24, 2.45) is 4.99 Å². The summed E-state index contributed by atoms with van der Waals surface area (Å²) in [6.07, 6.45) is -6.73. The minimum absolute atomic E-state index is 0.0338. The molecule has 19 heavy (non-hydrogen) atoms. The monoisotopic (exact) mass is 283 g/mol. The van der Waals surface area contributed by atoms with Crippen LogP contribution in [-0.4, -0.2) is 18.2 Å². The van der Waals surface area contributed by atoms with Crippen molar-refractivity contribution in [2.75, 3.05) is 0 Å². The van der Waals surface area contributed by atoms with Gasteiger partial charge in [0.25, 0.3) is 0 Å². The number of hydrogen-bond donors (Lipinski definition) is 0. The zero-order valence-corrected chi connectivity index (χ0v) is 9.27. The minimum atomic E-state index is -4.52. The zero-order chi connectivity index (χ0) is 14.6. The molecule has 104 valence electrons. The largest absolute Gasteiger partial charge is 0.389 e. The maximum atomic E-state index is 13.2. The molecule has 0 aliphatic rings. The van der Waals surface area contributed by atoms with Gasteiger partial charge in [0.1, 0.15) is 11.5 Å². The number of alkyl halides is 3. The molecular formula is C11H7F6NO. The van der Waals surface area contributed by atoms with Gasteiger partial charge >= 0.3 is 6.18 Å². The van der Waals surface area contributed by atoms with Crippen molar-refractivity contribution in [3.05, 3.63) is 29.6 Å². The van der Waals surface area contributed by atoms with E-state index in [0.717, 1.165) is 0 Å². The molecule has 2 nitrogen and oxygen atoms in total. The lowest BCUT2D eigenvalue weighted by Crippen LogP contribution is -2.11. The van der Waals surface area contributed by atoms with E-state index in [2.05, 4.69) is 4.99 Å². The highest BCUT2D eigenvalue weighted by Crippen LogP contribution is 2.25. The second-order valence-corrected chi connectivity index (χ2v) is 3.55. The van der Waals surface area contributed by atoms with Gasteiger partial charge in [0.15, 0.2) is 17.9 Å². The average molecular weight is 283 g/mol. The number of aldehydes is 1. The lowest BCUT2D eigenvalue weighted by Gasteiger charge is -2.05. The van der Waals surface area contributed by atoms with E-state index in [1.165, 1.54) is 0 Å². The van der Waals surface area contributed by atoms with Crippen LogP contribution in [0.3, 0.4) is 0 Å². The number of aliphatic imine (C=N–C) groups is 1. The molecule has 1 aromatic rings. The van der Waals surface area contributed by atoms with E-state index in [1.54, 1.807) is 0 Å².